The number of aromatic amines is 1. The number of aromatic nitrogens is 5. The third-order valence-electron chi connectivity index (χ3n) is 5.53. The fraction of sp³-hybridized carbons (Fsp3) is 0.409. The van der Waals surface area contributed by atoms with Crippen molar-refractivity contribution in [2.75, 3.05) is 11.6 Å². The Morgan fingerprint density at radius 3 is 2.74 bits per heavy atom. The van der Waals surface area contributed by atoms with Crippen molar-refractivity contribution in [2.45, 2.75) is 57.1 Å². The molecule has 2 N–H and O–H groups in total. The Hall–Kier alpha value is -2.94. The maximum absolute atomic E-state index is 12.4. The van der Waals surface area contributed by atoms with Gasteiger partial charge >= 0.3 is 0 Å². The minimum atomic E-state index is -0.179. The Morgan fingerprint density at radius 2 is 2.00 bits per heavy atom. The minimum Gasteiger partial charge on any atom is -0.326 e. The van der Waals surface area contributed by atoms with Gasteiger partial charge in [0.25, 0.3) is 5.56 Å². The lowest BCUT2D eigenvalue weighted by Gasteiger charge is -2.09. The van der Waals surface area contributed by atoms with Gasteiger partial charge in [-0.2, -0.15) is 0 Å². The van der Waals surface area contributed by atoms with E-state index in [-0.39, 0.29) is 17.9 Å². The van der Waals surface area contributed by atoms with Gasteiger partial charge in [0.1, 0.15) is 5.82 Å². The summed E-state index contributed by atoms with van der Waals surface area (Å²) in [5.41, 5.74) is 2.74. The largest absolute Gasteiger partial charge is 0.326 e. The highest BCUT2D eigenvalue weighted by atomic mass is 32.2. The summed E-state index contributed by atoms with van der Waals surface area (Å²) in [5, 5.41) is 12.2. The molecular formula is C22H26N6O2S. The smallest absolute Gasteiger partial charge is 0.254 e. The molecule has 0 fully saturated rings. The van der Waals surface area contributed by atoms with Gasteiger partial charge in [0.15, 0.2) is 11.0 Å². The average Bonchev–Trinajstić information content (AvgIpc) is 3.01. The Kier molecular flexibility index (Phi) is 6.50. The van der Waals surface area contributed by atoms with E-state index in [1.165, 1.54) is 18.2 Å². The number of carbonyl (C=O) groups excluding carboxylic acids is 1. The van der Waals surface area contributed by atoms with Gasteiger partial charge in [0, 0.05) is 41.9 Å². The van der Waals surface area contributed by atoms with E-state index in [9.17, 15) is 9.59 Å². The number of fused-ring (bicyclic) bond motifs is 1. The highest BCUT2D eigenvalue weighted by Gasteiger charge is 2.16. The van der Waals surface area contributed by atoms with Gasteiger partial charge in [-0.15, -0.1) is 10.2 Å². The van der Waals surface area contributed by atoms with Crippen LogP contribution in [0.1, 0.15) is 42.8 Å². The molecule has 0 spiro atoms. The highest BCUT2D eigenvalue weighted by molar-refractivity contribution is 7.98. The second kappa shape index (κ2) is 9.47. The first kappa shape index (κ1) is 21.3. The fourth-order valence-electron chi connectivity index (χ4n) is 3.84. The molecule has 3 aromatic rings. The zero-order chi connectivity index (χ0) is 21.8. The summed E-state index contributed by atoms with van der Waals surface area (Å²) >= 11 is 1.38. The van der Waals surface area contributed by atoms with Gasteiger partial charge in [-0.25, -0.2) is 4.98 Å². The first-order chi connectivity index (χ1) is 15.0. The molecule has 8 nitrogen and oxygen atoms in total. The quantitative estimate of drug-likeness (QED) is 0.452. The van der Waals surface area contributed by atoms with E-state index >= 15 is 0 Å². The number of thioether (sulfide) groups is 1. The average molecular weight is 439 g/mol. The second-order valence-electron chi connectivity index (χ2n) is 7.67. The summed E-state index contributed by atoms with van der Waals surface area (Å²) in [5.74, 6) is 1.79. The zero-order valence-corrected chi connectivity index (χ0v) is 18.6. The van der Waals surface area contributed by atoms with Crippen LogP contribution >= 0.6 is 11.8 Å². The molecule has 31 heavy (non-hydrogen) atoms. The monoisotopic (exact) mass is 438 g/mol. The van der Waals surface area contributed by atoms with Crippen LogP contribution in [0.3, 0.4) is 0 Å². The maximum Gasteiger partial charge on any atom is 0.254 e. The molecule has 3 heterocycles. The van der Waals surface area contributed by atoms with Gasteiger partial charge in [-0.1, -0.05) is 18.2 Å². The van der Waals surface area contributed by atoms with Crippen LogP contribution in [0, 0.1) is 6.92 Å². The molecule has 0 radical (unpaired) electrons. The molecule has 4 rings (SSSR count). The predicted octanol–water partition coefficient (Wildman–Crippen LogP) is 3.36. The van der Waals surface area contributed by atoms with Crippen LogP contribution in [-0.2, 0) is 24.2 Å². The van der Waals surface area contributed by atoms with Crippen molar-refractivity contribution in [1.82, 2.24) is 24.7 Å². The number of rotatable bonds is 6. The van der Waals surface area contributed by atoms with Crippen LogP contribution in [0.5, 0.6) is 0 Å². The van der Waals surface area contributed by atoms with Crippen molar-refractivity contribution in [3.63, 3.8) is 0 Å². The first-order valence-electron chi connectivity index (χ1n) is 10.5. The number of benzene rings is 1. The summed E-state index contributed by atoms with van der Waals surface area (Å²) < 4.78 is 2.21. The Balaban J connectivity index is 1.39. The van der Waals surface area contributed by atoms with Gasteiger partial charge in [-0.05, 0) is 56.7 Å². The summed E-state index contributed by atoms with van der Waals surface area (Å²) in [6.45, 7) is 2.74. The second-order valence-corrected chi connectivity index (χ2v) is 8.46. The van der Waals surface area contributed by atoms with Crippen molar-refractivity contribution < 1.29 is 4.79 Å². The minimum absolute atomic E-state index is 0.142. The molecule has 1 aliphatic rings. The molecule has 0 unspecified atom stereocenters. The third kappa shape index (κ3) is 4.87. The summed E-state index contributed by atoms with van der Waals surface area (Å²) in [4.78, 5) is 31.7. The number of hydrogen-bond acceptors (Lipinski definition) is 6. The van der Waals surface area contributed by atoms with E-state index in [1.54, 1.807) is 6.92 Å². The van der Waals surface area contributed by atoms with Crippen LogP contribution in [0.25, 0.3) is 11.4 Å². The number of carbonyl (C=O) groups is 1. The van der Waals surface area contributed by atoms with Crippen LogP contribution in [0.4, 0.5) is 5.69 Å². The molecule has 0 atom stereocenters. The van der Waals surface area contributed by atoms with Crippen LogP contribution in [0.15, 0.2) is 34.2 Å². The van der Waals surface area contributed by atoms with E-state index in [1.807, 2.05) is 30.5 Å². The standard InChI is InChI=1S/C22H26N6O2S/c1-14-17(21(30)25-22(23-14)31-2)11-12-19(29)24-16-9-7-15(8-10-16)20-27-26-18-6-4-3-5-13-28(18)20/h7-10H,3-6,11-13H2,1-2H3,(H,24,29)(H,23,25,30). The van der Waals surface area contributed by atoms with Crippen molar-refractivity contribution >= 4 is 23.4 Å². The molecule has 0 saturated carbocycles. The molecule has 1 amide bonds. The van der Waals surface area contributed by atoms with E-state index in [0.717, 1.165) is 43.0 Å². The number of aryl methyl sites for hydroxylation is 2. The predicted molar refractivity (Wildman–Crippen MR) is 121 cm³/mol. The van der Waals surface area contributed by atoms with Gasteiger partial charge in [0.05, 0.1) is 0 Å². The topological polar surface area (TPSA) is 106 Å². The molecule has 1 aliphatic heterocycles. The molecule has 162 valence electrons. The summed E-state index contributed by atoms with van der Waals surface area (Å²) in [7, 11) is 0. The molecular weight excluding hydrogens is 412 g/mol. The van der Waals surface area contributed by atoms with Crippen molar-refractivity contribution in [2.24, 2.45) is 0 Å². The van der Waals surface area contributed by atoms with Gasteiger partial charge in [-0.3, -0.25) is 9.59 Å². The summed E-state index contributed by atoms with van der Waals surface area (Å²) in [6, 6.07) is 7.66. The van der Waals surface area contributed by atoms with E-state index in [2.05, 4.69) is 30.0 Å². The number of anilines is 1. The Morgan fingerprint density at radius 1 is 1.19 bits per heavy atom. The van der Waals surface area contributed by atoms with Crippen molar-refractivity contribution in [1.29, 1.82) is 0 Å². The van der Waals surface area contributed by atoms with Crippen LogP contribution in [0.2, 0.25) is 0 Å². The Bertz CT molecular complexity index is 1140. The Labute approximate surface area is 184 Å². The van der Waals surface area contributed by atoms with Gasteiger partial charge < -0.3 is 14.9 Å². The summed E-state index contributed by atoms with van der Waals surface area (Å²) in [6.07, 6.45) is 6.91. The van der Waals surface area contributed by atoms with Crippen molar-refractivity contribution in [3.05, 3.63) is 51.7 Å². The number of hydrogen-bond donors (Lipinski definition) is 2. The number of H-pyrrole nitrogens is 1. The maximum atomic E-state index is 12.4. The fourth-order valence-corrected chi connectivity index (χ4v) is 4.26. The lowest BCUT2D eigenvalue weighted by Crippen LogP contribution is -2.20. The first-order valence-corrected chi connectivity index (χ1v) is 11.7. The lowest BCUT2D eigenvalue weighted by molar-refractivity contribution is -0.116. The molecule has 1 aromatic carbocycles. The molecule has 9 heteroatoms. The van der Waals surface area contributed by atoms with E-state index < -0.39 is 0 Å². The van der Waals surface area contributed by atoms with Crippen LogP contribution in [-0.4, -0.2) is 36.9 Å². The van der Waals surface area contributed by atoms with Gasteiger partial charge in [0.2, 0.25) is 5.91 Å². The normalized spacial score (nSPS) is 13.5. The highest BCUT2D eigenvalue weighted by Crippen LogP contribution is 2.24. The molecule has 0 aliphatic carbocycles. The lowest BCUT2D eigenvalue weighted by atomic mass is 10.1. The van der Waals surface area contributed by atoms with E-state index in [4.69, 9.17) is 0 Å². The number of nitrogens with one attached hydrogen (secondary N) is 2. The molecule has 0 saturated heterocycles. The number of amides is 1. The molecule has 0 bridgehead atoms. The zero-order valence-electron chi connectivity index (χ0n) is 17.8. The number of nitrogens with zero attached hydrogens (tertiary/aromatic N) is 4. The third-order valence-corrected chi connectivity index (χ3v) is 6.11. The van der Waals surface area contributed by atoms with Crippen molar-refractivity contribution in [3.8, 4) is 11.4 Å². The van der Waals surface area contributed by atoms with Crippen LogP contribution < -0.4 is 10.9 Å². The SMILES string of the molecule is CSc1nc(C)c(CCC(=O)Nc2ccc(-c3nnc4n3CCCCC4)cc2)c(=O)[nH]1. The molecule has 2 aromatic heterocycles. The van der Waals surface area contributed by atoms with E-state index in [0.29, 0.717) is 28.5 Å².